The largest absolute Gasteiger partial charge is 0.354 e. The van der Waals surface area contributed by atoms with Crippen molar-refractivity contribution in [2.75, 3.05) is 32.1 Å². The maximum atomic E-state index is 13.4. The summed E-state index contributed by atoms with van der Waals surface area (Å²) in [7, 11) is 4.17. The number of halogens is 2. The highest BCUT2D eigenvalue weighted by molar-refractivity contribution is 6.33. The lowest BCUT2D eigenvalue weighted by atomic mass is 10.0. The molecule has 4 rings (SSSR count). The second-order valence-electron chi connectivity index (χ2n) is 7.10. The lowest BCUT2D eigenvalue weighted by Gasteiger charge is -2.26. The molecule has 144 valence electrons. The van der Waals surface area contributed by atoms with Crippen molar-refractivity contribution in [3.8, 4) is 22.5 Å². The molecule has 1 aliphatic rings. The van der Waals surface area contributed by atoms with Crippen LogP contribution in [0.5, 0.6) is 0 Å². The number of pyridine rings is 1. The molecule has 1 atom stereocenters. The van der Waals surface area contributed by atoms with Crippen LogP contribution < -0.4 is 4.90 Å². The summed E-state index contributed by atoms with van der Waals surface area (Å²) in [6.45, 7) is 2.06. The molecule has 0 amide bonds. The maximum absolute atomic E-state index is 13.4. The van der Waals surface area contributed by atoms with Gasteiger partial charge >= 0.3 is 0 Å². The highest BCUT2D eigenvalue weighted by Gasteiger charge is 2.25. The summed E-state index contributed by atoms with van der Waals surface area (Å²) >= 11 is 6.41. The number of hydrogen-bond donors (Lipinski definition) is 0. The Bertz CT molecular complexity index is 979. The second kappa shape index (κ2) is 7.81. The Morgan fingerprint density at radius 1 is 1.14 bits per heavy atom. The van der Waals surface area contributed by atoms with E-state index >= 15 is 0 Å². The summed E-state index contributed by atoms with van der Waals surface area (Å²) in [5, 5.41) is 0.501. The van der Waals surface area contributed by atoms with E-state index in [1.165, 1.54) is 12.1 Å². The van der Waals surface area contributed by atoms with Crippen LogP contribution in [0.25, 0.3) is 22.5 Å². The molecule has 28 heavy (non-hydrogen) atoms. The number of anilines is 1. The molecular formula is C21H21ClFN5. The number of aromatic nitrogens is 3. The third-order valence-electron chi connectivity index (χ3n) is 5.18. The van der Waals surface area contributed by atoms with Gasteiger partial charge in [0.15, 0.2) is 0 Å². The fraction of sp³-hybridized carbons (Fsp3) is 0.286. The van der Waals surface area contributed by atoms with Crippen molar-refractivity contribution in [1.82, 2.24) is 19.9 Å². The maximum Gasteiger partial charge on any atom is 0.147 e. The predicted octanol–water partition coefficient (Wildman–Crippen LogP) is 4.14. The monoisotopic (exact) mass is 397 g/mol. The standard InChI is InChI=1S/C21H21ClFN5/c1-27-10-8-16(13-27)28(2)19-12-25-20(14-3-5-15(23)6-4-14)21(26-19)17-7-9-24-11-18(17)22/h3-7,9,11-12,16H,8,10,13H2,1-2H3. The van der Waals surface area contributed by atoms with E-state index < -0.39 is 0 Å². The molecule has 0 spiro atoms. The minimum absolute atomic E-state index is 0.290. The molecule has 1 fully saturated rings. The molecule has 0 N–H and O–H groups in total. The lowest BCUT2D eigenvalue weighted by molar-refractivity contribution is 0.409. The van der Waals surface area contributed by atoms with Crippen LogP contribution in [0.3, 0.4) is 0 Å². The fourth-order valence-corrected chi connectivity index (χ4v) is 3.75. The van der Waals surface area contributed by atoms with Gasteiger partial charge in [0.2, 0.25) is 0 Å². The molecule has 1 unspecified atom stereocenters. The van der Waals surface area contributed by atoms with Crippen molar-refractivity contribution in [3.05, 3.63) is 59.8 Å². The zero-order chi connectivity index (χ0) is 19.7. The number of nitrogens with zero attached hydrogens (tertiary/aromatic N) is 5. The van der Waals surface area contributed by atoms with Gasteiger partial charge in [0.05, 0.1) is 16.9 Å². The summed E-state index contributed by atoms with van der Waals surface area (Å²) in [5.74, 6) is 0.496. The second-order valence-corrected chi connectivity index (χ2v) is 7.51. The van der Waals surface area contributed by atoms with E-state index in [0.29, 0.717) is 22.5 Å². The van der Waals surface area contributed by atoms with Gasteiger partial charge < -0.3 is 9.80 Å². The topological polar surface area (TPSA) is 45.2 Å². The molecule has 2 aromatic heterocycles. The highest BCUT2D eigenvalue weighted by Crippen LogP contribution is 2.34. The first kappa shape index (κ1) is 18.8. The van der Waals surface area contributed by atoms with Gasteiger partial charge in [-0.3, -0.25) is 9.97 Å². The first-order valence-electron chi connectivity index (χ1n) is 9.17. The Labute approximate surface area is 168 Å². The van der Waals surface area contributed by atoms with E-state index in [-0.39, 0.29) is 5.82 Å². The van der Waals surface area contributed by atoms with Crippen LogP contribution in [-0.4, -0.2) is 53.1 Å². The Balaban J connectivity index is 1.81. The average Bonchev–Trinajstić information content (AvgIpc) is 3.14. The van der Waals surface area contributed by atoms with Crippen molar-refractivity contribution >= 4 is 17.4 Å². The SMILES string of the molecule is CN1CCC(N(C)c2cnc(-c3ccc(F)cc3)c(-c3ccncc3Cl)n2)C1. The van der Waals surface area contributed by atoms with Gasteiger partial charge in [-0.05, 0) is 50.3 Å². The first-order valence-corrected chi connectivity index (χ1v) is 9.55. The Kier molecular flexibility index (Phi) is 5.24. The van der Waals surface area contributed by atoms with E-state index in [9.17, 15) is 4.39 Å². The van der Waals surface area contributed by atoms with Gasteiger partial charge in [0.25, 0.3) is 0 Å². The van der Waals surface area contributed by atoms with Gasteiger partial charge in [-0.25, -0.2) is 9.37 Å². The number of likely N-dealkylation sites (N-methyl/N-ethyl adjacent to an activating group) is 2. The number of hydrogen-bond acceptors (Lipinski definition) is 5. The summed E-state index contributed by atoms with van der Waals surface area (Å²) < 4.78 is 13.4. The van der Waals surface area contributed by atoms with Crippen molar-refractivity contribution in [2.24, 2.45) is 0 Å². The van der Waals surface area contributed by atoms with E-state index in [1.807, 2.05) is 13.1 Å². The smallest absolute Gasteiger partial charge is 0.147 e. The van der Waals surface area contributed by atoms with Crippen molar-refractivity contribution in [1.29, 1.82) is 0 Å². The molecule has 0 bridgehead atoms. The van der Waals surface area contributed by atoms with Crippen molar-refractivity contribution in [2.45, 2.75) is 12.5 Å². The first-order chi connectivity index (χ1) is 13.5. The molecule has 3 heterocycles. The van der Waals surface area contributed by atoms with Crippen LogP contribution in [-0.2, 0) is 0 Å². The fourth-order valence-electron chi connectivity index (χ4n) is 3.54. The van der Waals surface area contributed by atoms with Crippen LogP contribution in [0.2, 0.25) is 5.02 Å². The number of benzene rings is 1. The summed E-state index contributed by atoms with van der Waals surface area (Å²) in [5.41, 5.74) is 2.86. The molecule has 1 aromatic carbocycles. The quantitative estimate of drug-likeness (QED) is 0.662. The third kappa shape index (κ3) is 3.70. The van der Waals surface area contributed by atoms with Crippen molar-refractivity contribution < 1.29 is 4.39 Å². The molecule has 1 aliphatic heterocycles. The van der Waals surface area contributed by atoms with E-state index in [4.69, 9.17) is 16.6 Å². The number of rotatable bonds is 4. The predicted molar refractivity (Wildman–Crippen MR) is 110 cm³/mol. The van der Waals surface area contributed by atoms with E-state index in [1.54, 1.807) is 30.7 Å². The lowest BCUT2D eigenvalue weighted by Crippen LogP contribution is -2.34. The molecular weight excluding hydrogens is 377 g/mol. The van der Waals surface area contributed by atoms with Crippen LogP contribution in [0.4, 0.5) is 10.2 Å². The molecule has 5 nitrogen and oxygen atoms in total. The minimum Gasteiger partial charge on any atom is -0.354 e. The van der Waals surface area contributed by atoms with Gasteiger partial charge in [-0.1, -0.05) is 11.6 Å². The molecule has 1 saturated heterocycles. The Hall–Kier alpha value is -2.57. The molecule has 0 aliphatic carbocycles. The van der Waals surface area contributed by atoms with Gasteiger partial charge in [0, 0.05) is 43.2 Å². The Morgan fingerprint density at radius 2 is 1.93 bits per heavy atom. The van der Waals surface area contributed by atoms with Crippen molar-refractivity contribution in [3.63, 3.8) is 0 Å². The van der Waals surface area contributed by atoms with E-state index in [0.717, 1.165) is 36.5 Å². The molecule has 3 aromatic rings. The van der Waals surface area contributed by atoms with Crippen LogP contribution >= 0.6 is 11.6 Å². The van der Waals surface area contributed by atoms with Gasteiger partial charge in [-0.2, -0.15) is 0 Å². The summed E-state index contributed by atoms with van der Waals surface area (Å²) in [4.78, 5) is 18.1. The van der Waals surface area contributed by atoms with Crippen LogP contribution in [0.1, 0.15) is 6.42 Å². The molecule has 7 heteroatoms. The van der Waals surface area contributed by atoms with E-state index in [2.05, 4.69) is 26.8 Å². The zero-order valence-corrected chi connectivity index (χ0v) is 16.6. The Morgan fingerprint density at radius 3 is 2.61 bits per heavy atom. The van der Waals surface area contributed by atoms with Crippen LogP contribution in [0.15, 0.2) is 48.9 Å². The highest BCUT2D eigenvalue weighted by atomic mass is 35.5. The normalized spacial score (nSPS) is 17.1. The number of likely N-dealkylation sites (tertiary alicyclic amines) is 1. The molecule has 0 radical (unpaired) electrons. The van der Waals surface area contributed by atoms with Gasteiger partial charge in [-0.15, -0.1) is 0 Å². The van der Waals surface area contributed by atoms with Gasteiger partial charge in [0.1, 0.15) is 17.3 Å². The summed E-state index contributed by atoms with van der Waals surface area (Å²) in [6, 6.07) is 8.46. The molecule has 0 saturated carbocycles. The minimum atomic E-state index is -0.290. The third-order valence-corrected chi connectivity index (χ3v) is 5.48. The average molecular weight is 398 g/mol. The zero-order valence-electron chi connectivity index (χ0n) is 15.8. The summed E-state index contributed by atoms with van der Waals surface area (Å²) in [6.07, 6.45) is 6.13. The van der Waals surface area contributed by atoms with Crippen LogP contribution in [0, 0.1) is 5.82 Å².